The van der Waals surface area contributed by atoms with E-state index in [-0.39, 0.29) is 30.2 Å². The molecule has 10 nitrogen and oxygen atoms in total. The maximum absolute atomic E-state index is 13.6. The van der Waals surface area contributed by atoms with Crippen LogP contribution in [-0.4, -0.2) is 65.7 Å². The van der Waals surface area contributed by atoms with E-state index in [2.05, 4.69) is 31.4 Å². The number of esters is 1. The molecule has 3 amide bonds. The van der Waals surface area contributed by atoms with Crippen LogP contribution in [0.1, 0.15) is 93.3 Å². The fourth-order valence-electron chi connectivity index (χ4n) is 7.43. The summed E-state index contributed by atoms with van der Waals surface area (Å²) in [5.74, 6) is 0.561. The van der Waals surface area contributed by atoms with Crippen LogP contribution in [0.2, 0.25) is 0 Å². The van der Waals surface area contributed by atoms with Gasteiger partial charge >= 0.3 is 5.97 Å². The highest BCUT2D eigenvalue weighted by atomic mass is 16.7. The number of ether oxygens (including phenoxy) is 3. The maximum Gasteiger partial charge on any atom is 0.310 e. The summed E-state index contributed by atoms with van der Waals surface area (Å²) in [4.78, 5) is 54.3. The van der Waals surface area contributed by atoms with Crippen molar-refractivity contribution in [3.05, 3.63) is 64.7 Å². The molecule has 2 aliphatic heterocycles. The number of carbonyl (C=O) groups is 4. The quantitative estimate of drug-likeness (QED) is 0.317. The molecule has 3 fully saturated rings. The lowest BCUT2D eigenvalue weighted by Crippen LogP contribution is -2.55. The number of cyclic esters (lactones) is 1. The van der Waals surface area contributed by atoms with Gasteiger partial charge in [-0.05, 0) is 93.0 Å². The Bertz CT molecular complexity index is 1450. The zero-order valence-electron chi connectivity index (χ0n) is 29.1. The van der Waals surface area contributed by atoms with Crippen LogP contribution in [0.5, 0.6) is 5.75 Å². The number of rotatable bonds is 11. The Balaban J connectivity index is 1.18. The molecule has 48 heavy (non-hydrogen) atoms. The summed E-state index contributed by atoms with van der Waals surface area (Å²) >= 11 is 0. The van der Waals surface area contributed by atoms with Crippen molar-refractivity contribution >= 4 is 23.7 Å². The Morgan fingerprint density at radius 3 is 2.42 bits per heavy atom. The first kappa shape index (κ1) is 35.4. The molecule has 7 atom stereocenters. The number of likely N-dealkylation sites (tertiary alicyclic amines) is 1. The Hall–Kier alpha value is -3.92. The molecular weight excluding hydrogens is 610 g/mol. The van der Waals surface area contributed by atoms with Crippen molar-refractivity contribution in [2.75, 3.05) is 6.54 Å². The summed E-state index contributed by atoms with van der Waals surface area (Å²) in [7, 11) is 0. The van der Waals surface area contributed by atoms with Crippen LogP contribution in [0.15, 0.2) is 42.5 Å². The molecule has 5 rings (SSSR count). The van der Waals surface area contributed by atoms with E-state index in [0.29, 0.717) is 49.3 Å². The third-order valence-electron chi connectivity index (χ3n) is 10.1. The lowest BCUT2D eigenvalue weighted by Gasteiger charge is -2.39. The molecule has 0 aromatic heterocycles. The van der Waals surface area contributed by atoms with Gasteiger partial charge in [-0.25, -0.2) is 0 Å². The van der Waals surface area contributed by atoms with Gasteiger partial charge in [0.2, 0.25) is 18.1 Å². The Morgan fingerprint density at radius 1 is 1.02 bits per heavy atom. The first-order valence-electron chi connectivity index (χ1n) is 17.5. The average Bonchev–Trinajstić information content (AvgIpc) is 3.67. The zero-order valence-corrected chi connectivity index (χ0v) is 29.1. The Morgan fingerprint density at radius 2 is 1.73 bits per heavy atom. The number of aryl methyl sites for hydroxylation is 2. The summed E-state index contributed by atoms with van der Waals surface area (Å²) in [6.07, 6.45) is 3.35. The van der Waals surface area contributed by atoms with Crippen molar-refractivity contribution in [1.82, 2.24) is 15.5 Å². The van der Waals surface area contributed by atoms with Crippen molar-refractivity contribution in [1.29, 1.82) is 0 Å². The second-order valence-electron chi connectivity index (χ2n) is 14.3. The second-order valence-corrected chi connectivity index (χ2v) is 14.3. The molecule has 2 aromatic rings. The number of nitrogens with one attached hydrogen (secondary N) is 2. The van der Waals surface area contributed by atoms with Gasteiger partial charge in [0.05, 0.1) is 12.5 Å². The van der Waals surface area contributed by atoms with Crippen LogP contribution in [0.4, 0.5) is 0 Å². The zero-order chi connectivity index (χ0) is 34.5. The molecule has 7 unspecified atom stereocenters. The van der Waals surface area contributed by atoms with Crippen molar-refractivity contribution in [3.63, 3.8) is 0 Å². The lowest BCUT2D eigenvalue weighted by molar-refractivity contribution is -0.191. The van der Waals surface area contributed by atoms with Gasteiger partial charge in [-0.2, -0.15) is 0 Å². The van der Waals surface area contributed by atoms with Crippen molar-refractivity contribution in [2.24, 2.45) is 17.8 Å². The molecular formula is C38H51N3O7. The molecule has 2 saturated heterocycles. The molecule has 2 aromatic carbocycles. The van der Waals surface area contributed by atoms with Crippen LogP contribution >= 0.6 is 0 Å². The highest BCUT2D eigenvalue weighted by Gasteiger charge is 2.44. The molecule has 1 aliphatic carbocycles. The molecule has 3 aliphatic rings. The van der Waals surface area contributed by atoms with Crippen LogP contribution < -0.4 is 15.4 Å². The minimum atomic E-state index is -0.858. The number of hydrogen-bond acceptors (Lipinski definition) is 7. The fraction of sp³-hybridized carbons (Fsp3) is 0.579. The standard InChI is InChI=1S/C38H51N3O7/c1-22(2)29-15-14-23(3)17-32(29)47-38-30(20-33(42)48-38)40-36(44)31-13-10-16-41(31)37(45)26(6)39-35(43)28-18-24(4)34(25(5)19-28)46-21-27-11-8-7-9-12-27/h7-9,11-12,18-19,22-23,26,29-32,38H,10,13-17,20-21H2,1-6H3,(H,39,43)(H,40,44). The van der Waals surface area contributed by atoms with Crippen LogP contribution in [-0.2, 0) is 30.5 Å². The van der Waals surface area contributed by atoms with E-state index >= 15 is 0 Å². The predicted octanol–water partition coefficient (Wildman–Crippen LogP) is 5.23. The number of benzene rings is 2. The number of amides is 3. The summed E-state index contributed by atoms with van der Waals surface area (Å²) in [6, 6.07) is 11.2. The van der Waals surface area contributed by atoms with E-state index in [9.17, 15) is 19.2 Å². The van der Waals surface area contributed by atoms with Gasteiger partial charge < -0.3 is 29.7 Å². The largest absolute Gasteiger partial charge is 0.488 e. The average molecular weight is 662 g/mol. The van der Waals surface area contributed by atoms with Crippen molar-refractivity contribution in [3.8, 4) is 5.75 Å². The third-order valence-corrected chi connectivity index (χ3v) is 10.1. The maximum atomic E-state index is 13.6. The normalized spacial score (nSPS) is 26.2. The van der Waals surface area contributed by atoms with Gasteiger partial charge in [-0.1, -0.05) is 57.5 Å². The topological polar surface area (TPSA) is 123 Å². The fourth-order valence-corrected chi connectivity index (χ4v) is 7.43. The van der Waals surface area contributed by atoms with Crippen molar-refractivity contribution < 1.29 is 33.4 Å². The molecule has 0 spiro atoms. The van der Waals surface area contributed by atoms with E-state index < -0.39 is 30.4 Å². The van der Waals surface area contributed by atoms with E-state index in [1.807, 2.05) is 44.2 Å². The number of nitrogens with zero attached hydrogens (tertiary/aromatic N) is 1. The Kier molecular flexibility index (Phi) is 11.5. The smallest absolute Gasteiger partial charge is 0.310 e. The Labute approximate surface area is 284 Å². The van der Waals surface area contributed by atoms with Crippen LogP contribution in [0.3, 0.4) is 0 Å². The molecule has 2 heterocycles. The summed E-state index contributed by atoms with van der Waals surface area (Å²) in [5, 5.41) is 5.80. The highest BCUT2D eigenvalue weighted by Crippen LogP contribution is 2.37. The monoisotopic (exact) mass is 661 g/mol. The van der Waals surface area contributed by atoms with Gasteiger partial charge in [0, 0.05) is 12.1 Å². The van der Waals surface area contributed by atoms with Gasteiger partial charge in [0.25, 0.3) is 5.91 Å². The lowest BCUT2D eigenvalue weighted by atomic mass is 9.75. The third kappa shape index (κ3) is 8.38. The number of hydrogen-bond donors (Lipinski definition) is 2. The van der Waals surface area contributed by atoms with E-state index in [1.54, 1.807) is 19.1 Å². The molecule has 2 N–H and O–H groups in total. The second kappa shape index (κ2) is 15.5. The van der Waals surface area contributed by atoms with E-state index in [4.69, 9.17) is 14.2 Å². The summed E-state index contributed by atoms with van der Waals surface area (Å²) in [5.41, 5.74) is 3.12. The van der Waals surface area contributed by atoms with Gasteiger partial charge in [0.1, 0.15) is 30.5 Å². The van der Waals surface area contributed by atoms with Crippen molar-refractivity contribution in [2.45, 2.75) is 117 Å². The minimum absolute atomic E-state index is 0.0209. The number of carbonyl (C=O) groups excluding carboxylic acids is 4. The first-order valence-corrected chi connectivity index (χ1v) is 17.5. The van der Waals surface area contributed by atoms with Gasteiger partial charge in [-0.3, -0.25) is 19.2 Å². The molecule has 1 saturated carbocycles. The first-order chi connectivity index (χ1) is 22.9. The summed E-state index contributed by atoms with van der Waals surface area (Å²) < 4.78 is 18.0. The van der Waals surface area contributed by atoms with Crippen LogP contribution in [0.25, 0.3) is 0 Å². The van der Waals surface area contributed by atoms with Gasteiger partial charge in [0.15, 0.2) is 0 Å². The predicted molar refractivity (Wildman–Crippen MR) is 181 cm³/mol. The van der Waals surface area contributed by atoms with Gasteiger partial charge in [-0.15, -0.1) is 0 Å². The summed E-state index contributed by atoms with van der Waals surface area (Å²) in [6.45, 7) is 12.8. The SMILES string of the molecule is Cc1cc(C(=O)NC(C)C(=O)N2CCCC2C(=O)NC2CC(=O)OC2OC2CC(C)CCC2C(C)C)cc(C)c1OCc1ccccc1. The highest BCUT2D eigenvalue weighted by molar-refractivity contribution is 5.99. The van der Waals surface area contributed by atoms with E-state index in [1.165, 1.54) is 4.90 Å². The molecule has 0 radical (unpaired) electrons. The molecule has 260 valence electrons. The molecule has 10 heteroatoms. The minimum Gasteiger partial charge on any atom is -0.488 e. The molecule has 0 bridgehead atoms. The van der Waals surface area contributed by atoms with Crippen LogP contribution in [0, 0.1) is 31.6 Å². The van der Waals surface area contributed by atoms with E-state index in [0.717, 1.165) is 41.7 Å².